The minimum Gasteiger partial charge on any atom is -0.488 e. The minimum atomic E-state index is -0.886. The second-order valence-corrected chi connectivity index (χ2v) is 6.86. The van der Waals surface area contributed by atoms with Gasteiger partial charge >= 0.3 is 11.8 Å². The van der Waals surface area contributed by atoms with Gasteiger partial charge in [-0.15, -0.1) is 0 Å². The topological polar surface area (TPSA) is 79.8 Å². The maximum atomic E-state index is 12.1. The largest absolute Gasteiger partial charge is 0.488 e. The third-order valence-electron chi connectivity index (χ3n) is 4.17. The van der Waals surface area contributed by atoms with E-state index in [0.29, 0.717) is 28.6 Å². The lowest BCUT2D eigenvalue weighted by Crippen LogP contribution is -2.32. The fourth-order valence-electron chi connectivity index (χ4n) is 2.61. The van der Waals surface area contributed by atoms with Crippen molar-refractivity contribution in [3.8, 4) is 5.75 Å². The van der Waals surface area contributed by atoms with Crippen molar-refractivity contribution in [3.05, 3.63) is 94.5 Å². The number of benzene rings is 3. The number of hydrazone groups is 1. The van der Waals surface area contributed by atoms with E-state index in [4.69, 9.17) is 16.3 Å². The molecule has 0 aliphatic carbocycles. The maximum absolute atomic E-state index is 12.1. The molecule has 0 heterocycles. The van der Waals surface area contributed by atoms with Crippen molar-refractivity contribution in [3.63, 3.8) is 0 Å². The second kappa shape index (κ2) is 10.2. The fraction of sp³-hybridized carbons (Fsp3) is 0.0870. The number of hydrogen-bond donors (Lipinski definition) is 2. The van der Waals surface area contributed by atoms with Gasteiger partial charge < -0.3 is 10.1 Å². The number of ether oxygens (including phenoxy) is 1. The molecule has 3 rings (SSSR count). The molecule has 30 heavy (non-hydrogen) atoms. The van der Waals surface area contributed by atoms with Gasteiger partial charge in [0.15, 0.2) is 0 Å². The third-order valence-corrected chi connectivity index (χ3v) is 4.40. The van der Waals surface area contributed by atoms with Crippen LogP contribution in [-0.4, -0.2) is 18.0 Å². The highest BCUT2D eigenvalue weighted by atomic mass is 35.5. The molecule has 0 saturated heterocycles. The molecule has 3 aromatic carbocycles. The van der Waals surface area contributed by atoms with Gasteiger partial charge in [-0.05, 0) is 48.4 Å². The number of aryl methyl sites for hydroxylation is 1. The highest BCUT2D eigenvalue weighted by Gasteiger charge is 2.14. The van der Waals surface area contributed by atoms with Gasteiger partial charge in [-0.25, -0.2) is 5.43 Å². The Labute approximate surface area is 179 Å². The van der Waals surface area contributed by atoms with Gasteiger partial charge in [0, 0.05) is 16.3 Å². The van der Waals surface area contributed by atoms with E-state index >= 15 is 0 Å². The van der Waals surface area contributed by atoms with E-state index in [9.17, 15) is 9.59 Å². The zero-order valence-corrected chi connectivity index (χ0v) is 17.0. The molecule has 2 N–H and O–H groups in total. The lowest BCUT2D eigenvalue weighted by molar-refractivity contribution is -0.136. The Morgan fingerprint density at radius 1 is 1.00 bits per heavy atom. The molecule has 0 spiro atoms. The lowest BCUT2D eigenvalue weighted by Gasteiger charge is -2.09. The average molecular weight is 422 g/mol. The van der Waals surface area contributed by atoms with Crippen LogP contribution in [0.4, 0.5) is 5.69 Å². The molecule has 2 amide bonds. The van der Waals surface area contributed by atoms with Gasteiger partial charge in [0.25, 0.3) is 0 Å². The number of carbonyl (C=O) groups is 2. The summed E-state index contributed by atoms with van der Waals surface area (Å²) in [6, 6.07) is 22.0. The van der Waals surface area contributed by atoms with Crippen LogP contribution < -0.4 is 15.5 Å². The van der Waals surface area contributed by atoms with E-state index in [-0.39, 0.29) is 0 Å². The summed E-state index contributed by atoms with van der Waals surface area (Å²) in [5.74, 6) is -1.10. The molecule has 0 aliphatic rings. The van der Waals surface area contributed by atoms with Crippen LogP contribution >= 0.6 is 11.6 Å². The minimum absolute atomic E-state index is 0.404. The molecular formula is C23H20ClN3O3. The Balaban J connectivity index is 1.58. The van der Waals surface area contributed by atoms with Crippen molar-refractivity contribution in [2.45, 2.75) is 13.5 Å². The van der Waals surface area contributed by atoms with Crippen LogP contribution in [0.5, 0.6) is 5.75 Å². The van der Waals surface area contributed by atoms with E-state index < -0.39 is 11.8 Å². The van der Waals surface area contributed by atoms with Crippen molar-refractivity contribution in [1.82, 2.24) is 5.43 Å². The van der Waals surface area contributed by atoms with Gasteiger partial charge in [-0.3, -0.25) is 9.59 Å². The third kappa shape index (κ3) is 5.93. The predicted octanol–water partition coefficient (Wildman–Crippen LogP) is 4.32. The molecule has 6 nitrogen and oxygen atoms in total. The number of hydrogen-bond acceptors (Lipinski definition) is 4. The van der Waals surface area contributed by atoms with Crippen LogP contribution in [0.2, 0.25) is 5.02 Å². The first-order valence-electron chi connectivity index (χ1n) is 9.19. The monoisotopic (exact) mass is 421 g/mol. The summed E-state index contributed by atoms with van der Waals surface area (Å²) in [4.78, 5) is 24.1. The Morgan fingerprint density at radius 2 is 1.73 bits per heavy atom. The number of rotatable bonds is 6. The van der Waals surface area contributed by atoms with Crippen LogP contribution in [0.25, 0.3) is 0 Å². The highest BCUT2D eigenvalue weighted by Crippen LogP contribution is 2.19. The summed E-state index contributed by atoms with van der Waals surface area (Å²) < 4.78 is 5.84. The number of nitrogens with one attached hydrogen (secondary N) is 2. The first-order chi connectivity index (χ1) is 14.5. The molecule has 0 unspecified atom stereocenters. The van der Waals surface area contributed by atoms with Crippen LogP contribution in [0.15, 0.2) is 77.9 Å². The van der Waals surface area contributed by atoms with Crippen LogP contribution in [-0.2, 0) is 16.2 Å². The van der Waals surface area contributed by atoms with Gasteiger partial charge in [0.2, 0.25) is 0 Å². The molecule has 0 atom stereocenters. The van der Waals surface area contributed by atoms with Crippen molar-refractivity contribution < 1.29 is 14.3 Å². The Hall–Kier alpha value is -3.64. The number of anilines is 1. The predicted molar refractivity (Wildman–Crippen MR) is 118 cm³/mol. The summed E-state index contributed by atoms with van der Waals surface area (Å²) in [5.41, 5.74) is 5.17. The molecule has 0 aromatic heterocycles. The van der Waals surface area contributed by atoms with Gasteiger partial charge in [-0.1, -0.05) is 54.1 Å². The van der Waals surface area contributed by atoms with Crippen molar-refractivity contribution >= 4 is 35.3 Å². The number of carbonyl (C=O) groups excluding carboxylic acids is 2. The standard InChI is InChI=1S/C23H20ClN3O3/c1-16-13-19(24)11-12-20(16)26-22(28)23(29)27-25-14-18-9-5-6-10-21(18)30-15-17-7-3-2-4-8-17/h2-14H,15H2,1H3,(H,26,28)(H,27,29)/b25-14-. The van der Waals surface area contributed by atoms with Crippen molar-refractivity contribution in [2.24, 2.45) is 5.10 Å². The van der Waals surface area contributed by atoms with Gasteiger partial charge in [0.1, 0.15) is 12.4 Å². The lowest BCUT2D eigenvalue weighted by atomic mass is 10.2. The first kappa shape index (κ1) is 21.1. The number of amides is 2. The Bertz CT molecular complexity index is 1070. The molecule has 7 heteroatoms. The molecule has 0 aliphatic heterocycles. The SMILES string of the molecule is Cc1cc(Cl)ccc1NC(=O)C(=O)N/N=C\c1ccccc1OCc1ccccc1. The van der Waals surface area contributed by atoms with Gasteiger partial charge in [0.05, 0.1) is 6.21 Å². The summed E-state index contributed by atoms with van der Waals surface area (Å²) in [5, 5.41) is 6.95. The first-order valence-corrected chi connectivity index (χ1v) is 9.57. The second-order valence-electron chi connectivity index (χ2n) is 6.42. The maximum Gasteiger partial charge on any atom is 0.329 e. The Morgan fingerprint density at radius 3 is 2.50 bits per heavy atom. The zero-order chi connectivity index (χ0) is 21.3. The number of nitrogens with zero attached hydrogens (tertiary/aromatic N) is 1. The smallest absolute Gasteiger partial charge is 0.329 e. The molecule has 0 bridgehead atoms. The highest BCUT2D eigenvalue weighted by molar-refractivity contribution is 6.39. The quantitative estimate of drug-likeness (QED) is 0.353. The molecule has 0 saturated carbocycles. The van der Waals surface area contributed by atoms with E-state index in [2.05, 4.69) is 15.8 Å². The summed E-state index contributed by atoms with van der Waals surface area (Å²) in [7, 11) is 0. The van der Waals surface area contributed by atoms with Crippen LogP contribution in [0, 0.1) is 6.92 Å². The van der Waals surface area contributed by atoms with Crippen molar-refractivity contribution in [1.29, 1.82) is 0 Å². The summed E-state index contributed by atoms with van der Waals surface area (Å²) in [6.45, 7) is 2.19. The summed E-state index contributed by atoms with van der Waals surface area (Å²) >= 11 is 5.89. The number of halogens is 1. The van der Waals surface area contributed by atoms with E-state index in [1.165, 1.54) is 6.21 Å². The summed E-state index contributed by atoms with van der Waals surface area (Å²) in [6.07, 6.45) is 1.43. The van der Waals surface area contributed by atoms with E-state index in [1.54, 1.807) is 31.2 Å². The molecule has 0 radical (unpaired) electrons. The normalized spacial score (nSPS) is 10.6. The number of para-hydroxylation sites is 1. The average Bonchev–Trinajstić information content (AvgIpc) is 2.75. The van der Waals surface area contributed by atoms with Crippen LogP contribution in [0.1, 0.15) is 16.7 Å². The molecule has 0 fully saturated rings. The van der Waals surface area contributed by atoms with Crippen molar-refractivity contribution in [2.75, 3.05) is 5.32 Å². The Kier molecular flexibility index (Phi) is 7.19. The van der Waals surface area contributed by atoms with E-state index in [0.717, 1.165) is 11.1 Å². The molecule has 152 valence electrons. The van der Waals surface area contributed by atoms with Crippen LogP contribution in [0.3, 0.4) is 0 Å². The van der Waals surface area contributed by atoms with Gasteiger partial charge in [-0.2, -0.15) is 5.10 Å². The van der Waals surface area contributed by atoms with E-state index in [1.807, 2.05) is 48.5 Å². The fourth-order valence-corrected chi connectivity index (χ4v) is 2.84. The zero-order valence-electron chi connectivity index (χ0n) is 16.3. The molecule has 3 aromatic rings. The molecular weight excluding hydrogens is 402 g/mol.